The topological polar surface area (TPSA) is 122 Å². The molecule has 9 nitrogen and oxygen atoms in total. The van der Waals surface area contributed by atoms with Crippen LogP contribution in [-0.2, 0) is 15.7 Å². The molecule has 1 unspecified atom stereocenters. The molecule has 2 aliphatic heterocycles. The molecule has 0 fully saturated rings. The highest BCUT2D eigenvalue weighted by Crippen LogP contribution is 2.21. The number of carbonyl (C=O) groups is 1. The lowest BCUT2D eigenvalue weighted by Crippen LogP contribution is -2.31. The summed E-state index contributed by atoms with van der Waals surface area (Å²) in [6, 6.07) is 7.13. The molecule has 1 aromatic carbocycles. The average Bonchev–Trinajstić information content (AvgIpc) is 2.89. The molecule has 2 aliphatic rings. The number of aromatic nitrogens is 2. The third kappa shape index (κ3) is 7.57. The van der Waals surface area contributed by atoms with Gasteiger partial charge in [-0.3, -0.25) is 4.79 Å². The molecule has 0 radical (unpaired) electrons. The Morgan fingerprint density at radius 3 is 2.54 bits per heavy atom. The second-order valence-corrected chi connectivity index (χ2v) is 8.80. The summed E-state index contributed by atoms with van der Waals surface area (Å²) >= 11 is 0. The van der Waals surface area contributed by atoms with Crippen LogP contribution in [0.2, 0.25) is 0 Å². The van der Waals surface area contributed by atoms with Crippen LogP contribution in [0, 0.1) is 0 Å². The number of carbonyl (C=O) groups excluding carboxylic acids is 1. The zero-order chi connectivity index (χ0) is 25.8. The molecule has 4 N–H and O–H groups in total. The maximum absolute atomic E-state index is 12.9. The monoisotopic (exact) mass is 498 g/mol. The number of amides is 1. The van der Waals surface area contributed by atoms with Crippen LogP contribution in [0.4, 0.5) is 5.82 Å². The van der Waals surface area contributed by atoms with Crippen LogP contribution < -0.4 is 16.4 Å². The Hall–Kier alpha value is -3.34. The molecule has 4 rings (SSSR count). The molecule has 35 heavy (non-hydrogen) atoms. The second-order valence-electron chi connectivity index (χ2n) is 7.21. The maximum Gasteiger partial charge on any atom is 0.278 e. The number of benzene rings is 1. The summed E-state index contributed by atoms with van der Waals surface area (Å²) in [4.78, 5) is 22.1. The van der Waals surface area contributed by atoms with E-state index in [4.69, 9.17) is 10.5 Å². The lowest BCUT2D eigenvalue weighted by Gasteiger charge is -2.17. The Balaban J connectivity index is 0.00000210. The van der Waals surface area contributed by atoms with Gasteiger partial charge in [0.25, 0.3) is 5.91 Å². The van der Waals surface area contributed by atoms with E-state index in [-0.39, 0.29) is 11.5 Å². The smallest absolute Gasteiger partial charge is 0.278 e. The van der Waals surface area contributed by atoms with Crippen molar-refractivity contribution in [1.82, 2.24) is 24.9 Å². The first-order chi connectivity index (χ1) is 16.9. The second kappa shape index (κ2) is 14.1. The van der Waals surface area contributed by atoms with E-state index in [2.05, 4.69) is 33.8 Å². The van der Waals surface area contributed by atoms with Gasteiger partial charge in [-0.1, -0.05) is 39.1 Å². The van der Waals surface area contributed by atoms with E-state index in [0.29, 0.717) is 53.9 Å². The fourth-order valence-electron chi connectivity index (χ4n) is 3.09. The van der Waals surface area contributed by atoms with Crippen molar-refractivity contribution in [3.05, 3.63) is 72.9 Å². The minimum atomic E-state index is -1.30. The van der Waals surface area contributed by atoms with Gasteiger partial charge in [0.05, 0.1) is 29.1 Å². The predicted molar refractivity (Wildman–Crippen MR) is 141 cm³/mol. The number of anilines is 1. The molecule has 2 aromatic rings. The Kier molecular flexibility index (Phi) is 11.3. The molecule has 1 atom stereocenters. The number of likely N-dealkylation sites (N-methyl/N-ethyl adjacent to an activating group) is 1. The van der Waals surface area contributed by atoms with Crippen LogP contribution in [0.15, 0.2) is 72.1 Å². The number of hydrogen-bond acceptors (Lipinski definition) is 7. The molecule has 10 heteroatoms. The average molecular weight is 499 g/mol. The quantitative estimate of drug-likeness (QED) is 0.582. The van der Waals surface area contributed by atoms with Gasteiger partial charge in [0.15, 0.2) is 11.5 Å². The molecule has 3 heterocycles. The standard InChI is InChI=1S/C23H28N6O3S.C2H6/c1-4-18-20(5-2)32-14-6-11-25-12-13-29(3)33(31)17-9-7-16(8-10-17)19-15-26-22(24)21(27-19)23(30)28-18;1-2/h4-5,7-10,15,25H,1-2,6,11-14H2,3H3,(H2,24,26)(H,28,30);1-2H3/b20-18-;. The van der Waals surface area contributed by atoms with Crippen molar-refractivity contribution in [2.45, 2.75) is 25.2 Å². The number of ether oxygens (including phenoxy) is 1. The third-order valence-electron chi connectivity index (χ3n) is 4.91. The van der Waals surface area contributed by atoms with Gasteiger partial charge in [0.2, 0.25) is 0 Å². The van der Waals surface area contributed by atoms with Gasteiger partial charge in [0.1, 0.15) is 16.7 Å². The van der Waals surface area contributed by atoms with Crippen molar-refractivity contribution in [3.63, 3.8) is 0 Å². The van der Waals surface area contributed by atoms with Gasteiger partial charge < -0.3 is 21.1 Å². The van der Waals surface area contributed by atoms with Crippen molar-refractivity contribution >= 4 is 22.7 Å². The van der Waals surface area contributed by atoms with E-state index in [1.807, 2.05) is 20.9 Å². The maximum atomic E-state index is 12.9. The number of nitrogens with one attached hydrogen (secondary N) is 2. The molecule has 0 spiro atoms. The summed E-state index contributed by atoms with van der Waals surface area (Å²) in [7, 11) is 0.516. The Bertz CT molecular complexity index is 1090. The fourth-order valence-corrected chi connectivity index (χ4v) is 4.08. The van der Waals surface area contributed by atoms with Crippen molar-refractivity contribution in [3.8, 4) is 11.3 Å². The summed E-state index contributed by atoms with van der Waals surface area (Å²) in [5.41, 5.74) is 7.44. The number of nitrogen functional groups attached to an aromatic ring is 1. The summed E-state index contributed by atoms with van der Waals surface area (Å²) in [6.07, 6.45) is 5.20. The van der Waals surface area contributed by atoms with E-state index in [1.165, 1.54) is 18.3 Å². The van der Waals surface area contributed by atoms with E-state index >= 15 is 0 Å². The zero-order valence-electron chi connectivity index (χ0n) is 20.5. The van der Waals surface area contributed by atoms with E-state index in [1.54, 1.807) is 28.6 Å². The van der Waals surface area contributed by atoms with Crippen LogP contribution in [0.25, 0.3) is 11.3 Å². The SMILES string of the molecule is C=C/C1=C(\C=C)OCCCNCCN(C)S(=O)c2ccc(cc2)-c2cnc(N)c(n2)C(=O)N1.CC. The van der Waals surface area contributed by atoms with Crippen molar-refractivity contribution in [2.75, 3.05) is 39.0 Å². The number of rotatable bonds is 2. The summed E-state index contributed by atoms with van der Waals surface area (Å²) in [5.74, 6) is -0.162. The van der Waals surface area contributed by atoms with Crippen LogP contribution in [0.1, 0.15) is 30.8 Å². The van der Waals surface area contributed by atoms with Gasteiger partial charge in [-0.2, -0.15) is 0 Å². The number of nitrogens with zero attached hydrogens (tertiary/aromatic N) is 3. The van der Waals surface area contributed by atoms with Crippen LogP contribution >= 0.6 is 0 Å². The molecule has 188 valence electrons. The lowest BCUT2D eigenvalue weighted by atomic mass is 10.1. The number of allylic oxidation sites excluding steroid dienone is 2. The van der Waals surface area contributed by atoms with Crippen molar-refractivity contribution in [2.24, 2.45) is 0 Å². The molecule has 0 saturated heterocycles. The normalized spacial score (nSPS) is 20.0. The Labute approximate surface area is 209 Å². The number of hydrogen-bond donors (Lipinski definition) is 3. The summed E-state index contributed by atoms with van der Waals surface area (Å²) in [5, 5.41) is 6.04. The number of fused-ring (bicyclic) bond motifs is 13. The van der Waals surface area contributed by atoms with Gasteiger partial charge in [-0.25, -0.2) is 18.5 Å². The highest BCUT2D eigenvalue weighted by atomic mass is 32.2. The molecule has 4 bridgehead atoms. The first-order valence-electron chi connectivity index (χ1n) is 11.4. The largest absolute Gasteiger partial charge is 0.491 e. The van der Waals surface area contributed by atoms with Crippen molar-refractivity contribution in [1.29, 1.82) is 0 Å². The van der Waals surface area contributed by atoms with E-state index < -0.39 is 16.9 Å². The van der Waals surface area contributed by atoms with E-state index in [0.717, 1.165) is 6.42 Å². The van der Waals surface area contributed by atoms with E-state index in [9.17, 15) is 9.00 Å². The third-order valence-corrected chi connectivity index (χ3v) is 6.34. The summed E-state index contributed by atoms with van der Waals surface area (Å²) in [6.45, 7) is 13.9. The lowest BCUT2D eigenvalue weighted by molar-refractivity contribution is 0.0959. The fraction of sp³-hybridized carbons (Fsp3) is 0.320. The molecule has 0 saturated carbocycles. The van der Waals surface area contributed by atoms with Crippen LogP contribution in [0.5, 0.6) is 0 Å². The highest BCUT2D eigenvalue weighted by molar-refractivity contribution is 7.82. The molecular formula is C25H34N6O3S. The highest BCUT2D eigenvalue weighted by Gasteiger charge is 2.18. The Morgan fingerprint density at radius 2 is 1.89 bits per heavy atom. The van der Waals surface area contributed by atoms with Crippen LogP contribution in [0.3, 0.4) is 0 Å². The number of nitrogens with two attached hydrogens (primary N) is 1. The predicted octanol–water partition coefficient (Wildman–Crippen LogP) is 3.03. The van der Waals surface area contributed by atoms with Gasteiger partial charge in [-0.05, 0) is 37.3 Å². The zero-order valence-corrected chi connectivity index (χ0v) is 21.4. The Morgan fingerprint density at radius 1 is 1.17 bits per heavy atom. The van der Waals surface area contributed by atoms with Crippen molar-refractivity contribution < 1.29 is 13.7 Å². The molecule has 0 aliphatic carbocycles. The minimum Gasteiger partial charge on any atom is -0.491 e. The first-order valence-corrected chi connectivity index (χ1v) is 12.5. The van der Waals surface area contributed by atoms with Gasteiger partial charge in [0, 0.05) is 25.7 Å². The van der Waals surface area contributed by atoms with Gasteiger partial charge >= 0.3 is 0 Å². The molecule has 1 aromatic heterocycles. The first kappa shape index (κ1) is 27.9. The molecule has 1 amide bonds. The minimum absolute atomic E-state index is 0.00621. The molecular weight excluding hydrogens is 464 g/mol. The van der Waals surface area contributed by atoms with Crippen LogP contribution in [-0.4, -0.2) is 57.7 Å². The summed E-state index contributed by atoms with van der Waals surface area (Å²) < 4.78 is 20.3. The van der Waals surface area contributed by atoms with Gasteiger partial charge in [-0.15, -0.1) is 0 Å².